The van der Waals surface area contributed by atoms with E-state index in [-0.39, 0.29) is 0 Å². The Bertz CT molecular complexity index is 396. The highest BCUT2D eigenvalue weighted by Crippen LogP contribution is 2.30. The van der Waals surface area contributed by atoms with Gasteiger partial charge in [0.2, 0.25) is 0 Å². The van der Waals surface area contributed by atoms with Crippen molar-refractivity contribution in [2.24, 2.45) is 0 Å². The first-order valence-electron chi connectivity index (χ1n) is 6.03. The Morgan fingerprint density at radius 2 is 1.28 bits per heavy atom. The second kappa shape index (κ2) is 6.07. The summed E-state index contributed by atoms with van der Waals surface area (Å²) in [7, 11) is 0. The van der Waals surface area contributed by atoms with Gasteiger partial charge in [-0.3, -0.25) is 0 Å². The zero-order valence-corrected chi connectivity index (χ0v) is 10.8. The summed E-state index contributed by atoms with van der Waals surface area (Å²) in [6.45, 7) is 5.60. The van der Waals surface area contributed by atoms with Gasteiger partial charge in [0.1, 0.15) is 5.69 Å². The molecule has 0 aromatic heterocycles. The first-order valence-corrected chi connectivity index (χ1v) is 6.03. The molecule has 0 heterocycles. The molecule has 1 aromatic rings. The number of hydrogen-bond donors (Lipinski definition) is 0. The predicted molar refractivity (Wildman–Crippen MR) is 63.8 cm³/mol. The van der Waals surface area contributed by atoms with Crippen LogP contribution in [0.5, 0.6) is 0 Å². The largest absolute Gasteiger partial charge is 0.367 e. The average Bonchev–Trinajstić information content (AvgIpc) is 2.35. The number of halogens is 4. The molecule has 1 aromatic carbocycles. The van der Waals surface area contributed by atoms with Gasteiger partial charge in [-0.2, -0.15) is 0 Å². The Kier molecular flexibility index (Phi) is 4.99. The van der Waals surface area contributed by atoms with Gasteiger partial charge in [-0.15, -0.1) is 0 Å². The molecule has 0 aliphatic heterocycles. The summed E-state index contributed by atoms with van der Waals surface area (Å²) in [6, 6.07) is 0. The quantitative estimate of drug-likeness (QED) is 0.437. The summed E-state index contributed by atoms with van der Waals surface area (Å²) in [6.07, 6.45) is 1.33. The van der Waals surface area contributed by atoms with Crippen LogP contribution in [0.25, 0.3) is 0 Å². The average molecular weight is 263 g/mol. The van der Waals surface area contributed by atoms with E-state index in [1.165, 1.54) is 4.90 Å². The van der Waals surface area contributed by atoms with Crippen molar-refractivity contribution in [2.75, 3.05) is 18.0 Å². The van der Waals surface area contributed by atoms with Gasteiger partial charge in [0.15, 0.2) is 23.3 Å². The molecule has 0 saturated heterocycles. The third-order valence-electron chi connectivity index (χ3n) is 2.76. The van der Waals surface area contributed by atoms with Crippen LogP contribution in [0.3, 0.4) is 0 Å². The van der Waals surface area contributed by atoms with Crippen LogP contribution in [0.1, 0.15) is 32.3 Å². The smallest absolute Gasteiger partial charge is 0.197 e. The molecule has 0 fully saturated rings. The van der Waals surface area contributed by atoms with Crippen LogP contribution in [-0.2, 0) is 0 Å². The van der Waals surface area contributed by atoms with Gasteiger partial charge in [-0.1, -0.05) is 13.8 Å². The number of hydrogen-bond acceptors (Lipinski definition) is 1. The summed E-state index contributed by atoms with van der Waals surface area (Å²) >= 11 is 0. The molecule has 1 rings (SSSR count). The number of anilines is 1. The van der Waals surface area contributed by atoms with Crippen molar-refractivity contribution in [3.05, 3.63) is 28.8 Å². The van der Waals surface area contributed by atoms with E-state index in [1.54, 1.807) is 0 Å². The number of benzene rings is 1. The van der Waals surface area contributed by atoms with Crippen molar-refractivity contribution in [3.63, 3.8) is 0 Å². The molecule has 0 saturated carbocycles. The molecule has 0 spiro atoms. The normalized spacial score (nSPS) is 10.8. The molecule has 102 valence electrons. The van der Waals surface area contributed by atoms with Crippen molar-refractivity contribution in [3.8, 4) is 0 Å². The van der Waals surface area contributed by atoms with Crippen LogP contribution in [0, 0.1) is 30.2 Å². The summed E-state index contributed by atoms with van der Waals surface area (Å²) in [4.78, 5) is 1.42. The Hall–Kier alpha value is -1.26. The molecular formula is C13H17F4N. The van der Waals surface area contributed by atoms with Crippen LogP contribution in [0.2, 0.25) is 0 Å². The molecule has 1 nitrogen and oxygen atoms in total. The lowest BCUT2D eigenvalue weighted by Gasteiger charge is -2.25. The predicted octanol–water partition coefficient (Wildman–Crippen LogP) is 4.18. The van der Waals surface area contributed by atoms with Crippen molar-refractivity contribution in [2.45, 2.75) is 33.6 Å². The highest BCUT2D eigenvalue weighted by atomic mass is 19.2. The zero-order valence-electron chi connectivity index (χ0n) is 10.8. The molecule has 18 heavy (non-hydrogen) atoms. The Morgan fingerprint density at radius 3 is 1.72 bits per heavy atom. The van der Waals surface area contributed by atoms with Gasteiger partial charge in [-0.25, -0.2) is 17.6 Å². The molecule has 0 aliphatic carbocycles. The van der Waals surface area contributed by atoms with Crippen molar-refractivity contribution in [1.82, 2.24) is 0 Å². The maximum absolute atomic E-state index is 13.9. The fourth-order valence-electron chi connectivity index (χ4n) is 1.89. The van der Waals surface area contributed by atoms with Crippen molar-refractivity contribution in [1.29, 1.82) is 0 Å². The van der Waals surface area contributed by atoms with Gasteiger partial charge in [0.25, 0.3) is 0 Å². The Morgan fingerprint density at radius 1 is 0.778 bits per heavy atom. The third kappa shape index (κ3) is 2.60. The number of nitrogens with zero attached hydrogens (tertiary/aromatic N) is 1. The highest BCUT2D eigenvalue weighted by Gasteiger charge is 2.26. The maximum Gasteiger partial charge on any atom is 0.197 e. The van der Waals surface area contributed by atoms with Gasteiger partial charge in [0, 0.05) is 18.7 Å². The second-order valence-electron chi connectivity index (χ2n) is 4.22. The SMILES string of the molecule is CCCN(CCC)c1c(F)c(C)c(F)c(F)c1F. The van der Waals surface area contributed by atoms with Gasteiger partial charge in [0.05, 0.1) is 0 Å². The molecule has 5 heteroatoms. The molecule has 0 N–H and O–H groups in total. The van der Waals surface area contributed by atoms with Crippen LogP contribution >= 0.6 is 0 Å². The minimum Gasteiger partial charge on any atom is -0.367 e. The Balaban J connectivity index is 3.37. The van der Waals surface area contributed by atoms with E-state index in [9.17, 15) is 17.6 Å². The van der Waals surface area contributed by atoms with Crippen LogP contribution in [-0.4, -0.2) is 13.1 Å². The minimum absolute atomic E-state index is 0.395. The van der Waals surface area contributed by atoms with Crippen molar-refractivity contribution >= 4 is 5.69 Å². The van der Waals surface area contributed by atoms with E-state index < -0.39 is 34.5 Å². The van der Waals surface area contributed by atoms with E-state index in [1.807, 2.05) is 13.8 Å². The summed E-state index contributed by atoms with van der Waals surface area (Å²) in [5.41, 5.74) is -0.948. The van der Waals surface area contributed by atoms with Crippen LogP contribution in [0.15, 0.2) is 0 Å². The molecule has 0 amide bonds. The molecule has 0 atom stereocenters. The van der Waals surface area contributed by atoms with E-state index in [4.69, 9.17) is 0 Å². The molecular weight excluding hydrogens is 246 g/mol. The van der Waals surface area contributed by atoms with Crippen LogP contribution in [0.4, 0.5) is 23.2 Å². The lowest BCUT2D eigenvalue weighted by molar-refractivity contribution is 0.427. The monoisotopic (exact) mass is 263 g/mol. The first-order chi connectivity index (χ1) is 8.45. The molecule has 0 radical (unpaired) electrons. The van der Waals surface area contributed by atoms with Gasteiger partial charge in [-0.05, 0) is 19.8 Å². The fourth-order valence-corrected chi connectivity index (χ4v) is 1.89. The second-order valence-corrected chi connectivity index (χ2v) is 4.22. The lowest BCUT2D eigenvalue weighted by atomic mass is 10.1. The van der Waals surface area contributed by atoms with E-state index in [0.29, 0.717) is 25.9 Å². The first kappa shape index (κ1) is 14.8. The number of rotatable bonds is 5. The zero-order chi connectivity index (χ0) is 13.9. The maximum atomic E-state index is 13.9. The standard InChI is InChI=1S/C13H17F4N/c1-4-6-18(7-5-2)13-10(15)8(3)9(14)11(16)12(13)17/h4-7H2,1-3H3. The highest BCUT2D eigenvalue weighted by molar-refractivity contribution is 5.52. The lowest BCUT2D eigenvalue weighted by Crippen LogP contribution is -2.28. The third-order valence-corrected chi connectivity index (χ3v) is 2.76. The topological polar surface area (TPSA) is 3.24 Å². The minimum atomic E-state index is -1.61. The fraction of sp³-hybridized carbons (Fsp3) is 0.538. The van der Waals surface area contributed by atoms with E-state index in [0.717, 1.165) is 6.92 Å². The molecule has 0 aliphatic rings. The summed E-state index contributed by atoms with van der Waals surface area (Å²) in [5.74, 6) is -5.53. The molecule has 0 bridgehead atoms. The Labute approximate surface area is 104 Å². The van der Waals surface area contributed by atoms with E-state index in [2.05, 4.69) is 0 Å². The van der Waals surface area contributed by atoms with Gasteiger partial charge >= 0.3 is 0 Å². The summed E-state index contributed by atoms with van der Waals surface area (Å²) in [5, 5.41) is 0. The van der Waals surface area contributed by atoms with Gasteiger partial charge < -0.3 is 4.90 Å². The summed E-state index contributed by atoms with van der Waals surface area (Å²) < 4.78 is 54.1. The van der Waals surface area contributed by atoms with Crippen LogP contribution < -0.4 is 4.90 Å². The van der Waals surface area contributed by atoms with E-state index >= 15 is 0 Å². The molecule has 0 unspecified atom stereocenters. The van der Waals surface area contributed by atoms with Crippen molar-refractivity contribution < 1.29 is 17.6 Å².